The van der Waals surface area contributed by atoms with Gasteiger partial charge in [0.25, 0.3) is 5.91 Å². The predicted molar refractivity (Wildman–Crippen MR) is 110 cm³/mol. The minimum absolute atomic E-state index is 0.208. The van der Waals surface area contributed by atoms with Crippen molar-refractivity contribution in [2.24, 2.45) is 0 Å². The minimum Gasteiger partial charge on any atom is -0.348 e. The van der Waals surface area contributed by atoms with E-state index >= 15 is 0 Å². The zero-order valence-electron chi connectivity index (χ0n) is 16.3. The van der Waals surface area contributed by atoms with E-state index in [1.807, 2.05) is 60.3 Å². The highest BCUT2D eigenvalue weighted by atomic mass is 19.1. The molecule has 146 valence electrons. The lowest BCUT2D eigenvalue weighted by Crippen LogP contribution is -2.24. The molecule has 0 aliphatic heterocycles. The fraction of sp³-hybridized carbons (Fsp3) is 0.130. The van der Waals surface area contributed by atoms with Crippen molar-refractivity contribution >= 4 is 5.91 Å². The molecule has 2 heterocycles. The number of amides is 1. The summed E-state index contributed by atoms with van der Waals surface area (Å²) in [6.45, 7) is 4.25. The number of nitrogens with zero attached hydrogens (tertiary/aromatic N) is 3. The Bertz CT molecular complexity index is 1130. The Labute approximate surface area is 168 Å². The monoisotopic (exact) mass is 388 g/mol. The van der Waals surface area contributed by atoms with Crippen LogP contribution in [0.15, 0.2) is 73.1 Å². The number of nitrogens with one attached hydrogen (secondary N) is 1. The lowest BCUT2D eigenvalue weighted by atomic mass is 10.1. The van der Waals surface area contributed by atoms with Gasteiger partial charge in [0.1, 0.15) is 11.4 Å². The Balaban J connectivity index is 1.71. The largest absolute Gasteiger partial charge is 0.348 e. The number of hydrogen-bond donors (Lipinski definition) is 1. The maximum absolute atomic E-state index is 13.4. The molecule has 0 unspecified atom stereocenters. The standard InChI is InChI=1S/C23H21FN4O/c1-16-5-7-18(8-6-16)15-25-22(29)21-17(2)26-28(20-11-9-19(24)10-12-20)23(21)27-13-3-4-14-27/h3-14H,15H2,1-2H3,(H,25,29). The lowest BCUT2D eigenvalue weighted by molar-refractivity contribution is 0.0950. The summed E-state index contributed by atoms with van der Waals surface area (Å²) in [6, 6.07) is 17.8. The van der Waals surface area contributed by atoms with Crippen molar-refractivity contribution in [2.75, 3.05) is 0 Å². The van der Waals surface area contributed by atoms with E-state index < -0.39 is 0 Å². The molecule has 0 saturated heterocycles. The summed E-state index contributed by atoms with van der Waals surface area (Å²) < 4.78 is 16.9. The number of carbonyl (C=O) groups excluding carboxylic acids is 1. The average molecular weight is 388 g/mol. The van der Waals surface area contributed by atoms with Crippen LogP contribution in [-0.4, -0.2) is 20.3 Å². The molecule has 0 fully saturated rings. The van der Waals surface area contributed by atoms with E-state index in [1.165, 1.54) is 17.7 Å². The molecule has 5 nitrogen and oxygen atoms in total. The molecule has 0 aliphatic rings. The second kappa shape index (κ2) is 7.75. The highest BCUT2D eigenvalue weighted by Crippen LogP contribution is 2.23. The highest BCUT2D eigenvalue weighted by molar-refractivity contribution is 5.98. The zero-order valence-corrected chi connectivity index (χ0v) is 16.3. The summed E-state index contributed by atoms with van der Waals surface area (Å²) in [5.74, 6) is 0.0804. The fourth-order valence-corrected chi connectivity index (χ4v) is 3.23. The van der Waals surface area contributed by atoms with Gasteiger partial charge in [0, 0.05) is 18.9 Å². The van der Waals surface area contributed by atoms with Crippen LogP contribution in [0.3, 0.4) is 0 Å². The Morgan fingerprint density at radius 2 is 1.66 bits per heavy atom. The Morgan fingerprint density at radius 3 is 2.31 bits per heavy atom. The first-order valence-electron chi connectivity index (χ1n) is 9.35. The third kappa shape index (κ3) is 3.82. The van der Waals surface area contributed by atoms with Gasteiger partial charge < -0.3 is 9.88 Å². The van der Waals surface area contributed by atoms with Gasteiger partial charge in [-0.15, -0.1) is 0 Å². The number of carbonyl (C=O) groups is 1. The summed E-state index contributed by atoms with van der Waals surface area (Å²) in [5.41, 5.74) is 3.95. The second-order valence-electron chi connectivity index (χ2n) is 6.93. The first-order valence-corrected chi connectivity index (χ1v) is 9.35. The molecule has 2 aromatic carbocycles. The highest BCUT2D eigenvalue weighted by Gasteiger charge is 2.23. The van der Waals surface area contributed by atoms with E-state index in [1.54, 1.807) is 23.7 Å². The molecule has 0 spiro atoms. The van der Waals surface area contributed by atoms with Crippen LogP contribution in [-0.2, 0) is 6.54 Å². The van der Waals surface area contributed by atoms with E-state index in [0.29, 0.717) is 29.3 Å². The van der Waals surface area contributed by atoms with Crippen LogP contribution in [0, 0.1) is 19.7 Å². The van der Waals surface area contributed by atoms with Crippen molar-refractivity contribution in [2.45, 2.75) is 20.4 Å². The quantitative estimate of drug-likeness (QED) is 0.553. The van der Waals surface area contributed by atoms with E-state index in [-0.39, 0.29) is 11.7 Å². The smallest absolute Gasteiger partial charge is 0.257 e. The normalized spacial score (nSPS) is 10.9. The molecule has 0 bridgehead atoms. The van der Waals surface area contributed by atoms with Crippen molar-refractivity contribution in [1.82, 2.24) is 19.7 Å². The second-order valence-corrected chi connectivity index (χ2v) is 6.93. The molecule has 6 heteroatoms. The zero-order chi connectivity index (χ0) is 20.4. The molecule has 29 heavy (non-hydrogen) atoms. The summed E-state index contributed by atoms with van der Waals surface area (Å²) in [4.78, 5) is 13.1. The first kappa shape index (κ1) is 18.7. The van der Waals surface area contributed by atoms with Crippen molar-refractivity contribution in [3.05, 3.63) is 101 Å². The maximum atomic E-state index is 13.4. The Morgan fingerprint density at radius 1 is 1.00 bits per heavy atom. The van der Waals surface area contributed by atoms with Gasteiger partial charge in [0.15, 0.2) is 5.82 Å². The van der Waals surface area contributed by atoms with Gasteiger partial charge >= 0.3 is 0 Å². The van der Waals surface area contributed by atoms with Gasteiger partial charge in [-0.05, 0) is 55.8 Å². The van der Waals surface area contributed by atoms with Gasteiger partial charge in [-0.3, -0.25) is 4.79 Å². The van der Waals surface area contributed by atoms with Gasteiger partial charge in [0.05, 0.1) is 11.4 Å². The summed E-state index contributed by atoms with van der Waals surface area (Å²) in [7, 11) is 0. The van der Waals surface area contributed by atoms with Gasteiger partial charge in [-0.25, -0.2) is 9.07 Å². The van der Waals surface area contributed by atoms with E-state index in [2.05, 4.69) is 10.4 Å². The van der Waals surface area contributed by atoms with Gasteiger partial charge in [-0.2, -0.15) is 5.10 Å². The molecular weight excluding hydrogens is 367 g/mol. The number of benzene rings is 2. The number of rotatable bonds is 5. The van der Waals surface area contributed by atoms with Gasteiger partial charge in [0.2, 0.25) is 0 Å². The third-order valence-corrected chi connectivity index (χ3v) is 4.76. The molecular formula is C23H21FN4O. The molecule has 1 amide bonds. The van der Waals surface area contributed by atoms with Crippen molar-refractivity contribution in [3.8, 4) is 11.5 Å². The van der Waals surface area contributed by atoms with Crippen LogP contribution in [0.5, 0.6) is 0 Å². The van der Waals surface area contributed by atoms with Crippen LogP contribution in [0.1, 0.15) is 27.2 Å². The number of halogens is 1. The van der Waals surface area contributed by atoms with Crippen LogP contribution in [0.4, 0.5) is 4.39 Å². The van der Waals surface area contributed by atoms with Crippen LogP contribution < -0.4 is 5.32 Å². The van der Waals surface area contributed by atoms with Crippen molar-refractivity contribution < 1.29 is 9.18 Å². The Hall–Kier alpha value is -3.67. The number of hydrogen-bond acceptors (Lipinski definition) is 2. The van der Waals surface area contributed by atoms with Crippen LogP contribution in [0.2, 0.25) is 0 Å². The van der Waals surface area contributed by atoms with Crippen molar-refractivity contribution in [1.29, 1.82) is 0 Å². The van der Waals surface area contributed by atoms with Gasteiger partial charge in [-0.1, -0.05) is 29.8 Å². The van der Waals surface area contributed by atoms with E-state index in [9.17, 15) is 9.18 Å². The summed E-state index contributed by atoms with van der Waals surface area (Å²) in [5, 5.41) is 7.55. The number of aryl methyl sites for hydroxylation is 2. The maximum Gasteiger partial charge on any atom is 0.257 e. The fourth-order valence-electron chi connectivity index (χ4n) is 3.23. The molecule has 4 rings (SSSR count). The molecule has 0 saturated carbocycles. The molecule has 0 aliphatic carbocycles. The average Bonchev–Trinajstić information content (AvgIpc) is 3.35. The molecule has 4 aromatic rings. The van der Waals surface area contributed by atoms with Crippen LogP contribution >= 0.6 is 0 Å². The van der Waals surface area contributed by atoms with E-state index in [0.717, 1.165) is 5.56 Å². The minimum atomic E-state index is -0.323. The summed E-state index contributed by atoms with van der Waals surface area (Å²) in [6.07, 6.45) is 3.71. The molecule has 0 radical (unpaired) electrons. The van der Waals surface area contributed by atoms with Crippen molar-refractivity contribution in [3.63, 3.8) is 0 Å². The predicted octanol–water partition coefficient (Wildman–Crippen LogP) is 4.35. The molecule has 0 atom stereocenters. The molecule has 1 N–H and O–H groups in total. The lowest BCUT2D eigenvalue weighted by Gasteiger charge is -2.11. The molecule has 2 aromatic heterocycles. The van der Waals surface area contributed by atoms with Crippen LogP contribution in [0.25, 0.3) is 11.5 Å². The SMILES string of the molecule is Cc1ccc(CNC(=O)c2c(C)nn(-c3ccc(F)cc3)c2-n2cccc2)cc1. The Kier molecular flexibility index (Phi) is 4.99. The summed E-state index contributed by atoms with van der Waals surface area (Å²) >= 11 is 0. The topological polar surface area (TPSA) is 51.9 Å². The van der Waals surface area contributed by atoms with E-state index in [4.69, 9.17) is 0 Å². The first-order chi connectivity index (χ1) is 14.0. The third-order valence-electron chi connectivity index (χ3n) is 4.76. The number of aromatic nitrogens is 3.